The number of rotatable bonds is 5. The Hall–Kier alpha value is -0.780. The fraction of sp³-hybridized carbons (Fsp3) is 0.700. The van der Waals surface area contributed by atoms with Crippen molar-refractivity contribution >= 4 is 29.3 Å². The highest BCUT2D eigenvalue weighted by atomic mass is 35.5. The summed E-state index contributed by atoms with van der Waals surface area (Å²) in [7, 11) is 1.93. The van der Waals surface area contributed by atoms with Crippen LogP contribution in [0.2, 0.25) is 5.15 Å². The monoisotopic (exact) mass is 394 g/mol. The van der Waals surface area contributed by atoms with Gasteiger partial charge in [-0.15, -0.1) is 11.8 Å². The molecular weight excluding hydrogens is 368 g/mol. The molecule has 5 rings (SSSR count). The van der Waals surface area contributed by atoms with Gasteiger partial charge in [-0.25, -0.2) is 4.98 Å². The van der Waals surface area contributed by atoms with Crippen LogP contribution < -0.4 is 0 Å². The third kappa shape index (κ3) is 3.27. The zero-order valence-corrected chi connectivity index (χ0v) is 17.0. The first kappa shape index (κ1) is 18.6. The molecule has 1 N–H and O–H groups in total. The van der Waals surface area contributed by atoms with Crippen LogP contribution in [0.5, 0.6) is 0 Å². The van der Waals surface area contributed by atoms with E-state index in [1.807, 2.05) is 18.0 Å². The summed E-state index contributed by atoms with van der Waals surface area (Å²) in [6, 6.07) is 3.76. The molecule has 2 atom stereocenters. The van der Waals surface area contributed by atoms with Crippen molar-refractivity contribution < 1.29 is 9.90 Å². The van der Waals surface area contributed by atoms with Crippen molar-refractivity contribution in [1.82, 2.24) is 9.88 Å². The smallest absolute Gasteiger partial charge is 0.256 e. The third-order valence-electron chi connectivity index (χ3n) is 6.46. The van der Waals surface area contributed by atoms with Gasteiger partial charge in [0.25, 0.3) is 5.91 Å². The Bertz CT molecular complexity index is 697. The molecule has 142 valence electrons. The second-order valence-corrected chi connectivity index (χ2v) is 9.91. The molecule has 0 radical (unpaired) electrons. The first-order valence-corrected chi connectivity index (χ1v) is 11.1. The number of amides is 1. The molecule has 4 saturated carbocycles. The lowest BCUT2D eigenvalue weighted by molar-refractivity contribution is -0.152. The van der Waals surface area contributed by atoms with Crippen molar-refractivity contribution in [1.29, 1.82) is 0 Å². The largest absolute Gasteiger partial charge is 0.390 e. The molecule has 4 nitrogen and oxygen atoms in total. The quantitative estimate of drug-likeness (QED) is 0.599. The van der Waals surface area contributed by atoms with E-state index in [2.05, 4.69) is 11.9 Å². The van der Waals surface area contributed by atoms with Gasteiger partial charge in [0.2, 0.25) is 0 Å². The van der Waals surface area contributed by atoms with Gasteiger partial charge in [0.15, 0.2) is 0 Å². The van der Waals surface area contributed by atoms with E-state index < -0.39 is 5.60 Å². The molecule has 1 heterocycles. The molecule has 1 aromatic rings. The first-order valence-electron chi connectivity index (χ1n) is 9.69. The fourth-order valence-electron chi connectivity index (χ4n) is 5.80. The number of thioether (sulfide) groups is 1. The van der Waals surface area contributed by atoms with E-state index in [4.69, 9.17) is 11.6 Å². The van der Waals surface area contributed by atoms with Gasteiger partial charge in [-0.3, -0.25) is 4.79 Å². The molecule has 26 heavy (non-hydrogen) atoms. The van der Waals surface area contributed by atoms with Crippen LogP contribution in [0.1, 0.15) is 55.8 Å². The molecule has 2 unspecified atom stereocenters. The summed E-state index contributed by atoms with van der Waals surface area (Å²) in [5.41, 5.74) is 0.184. The molecule has 0 saturated heterocycles. The molecule has 4 bridgehead atoms. The summed E-state index contributed by atoms with van der Waals surface area (Å²) in [4.78, 5) is 19.7. The number of pyridine rings is 1. The van der Waals surface area contributed by atoms with Crippen LogP contribution >= 0.6 is 23.4 Å². The highest BCUT2D eigenvalue weighted by Gasteiger charge is 2.56. The molecule has 0 aromatic carbocycles. The SMILES string of the molecule is CCCSc1nc(Cl)ccc1C(=O)N(C)[C@H]1C2CC3CC1C[C@@](O)(C3)C2. The van der Waals surface area contributed by atoms with Crippen LogP contribution in [0.3, 0.4) is 0 Å². The molecule has 1 amide bonds. The lowest BCUT2D eigenvalue weighted by Crippen LogP contribution is -2.61. The summed E-state index contributed by atoms with van der Waals surface area (Å²) in [5.74, 6) is 2.45. The van der Waals surface area contributed by atoms with Gasteiger partial charge in [0, 0.05) is 13.1 Å². The number of halogens is 1. The van der Waals surface area contributed by atoms with Gasteiger partial charge < -0.3 is 10.0 Å². The maximum absolute atomic E-state index is 13.3. The van der Waals surface area contributed by atoms with Crippen LogP contribution in [-0.4, -0.2) is 45.3 Å². The van der Waals surface area contributed by atoms with E-state index in [1.165, 1.54) is 0 Å². The van der Waals surface area contributed by atoms with Crippen LogP contribution in [0.4, 0.5) is 0 Å². The fourth-order valence-corrected chi connectivity index (χ4v) is 6.87. The molecule has 4 fully saturated rings. The number of carbonyl (C=O) groups is 1. The van der Waals surface area contributed by atoms with Gasteiger partial charge in [-0.2, -0.15) is 0 Å². The van der Waals surface area contributed by atoms with Crippen molar-refractivity contribution in [3.8, 4) is 0 Å². The molecule has 0 spiro atoms. The summed E-state index contributed by atoms with van der Waals surface area (Å²) in [6.45, 7) is 2.12. The third-order valence-corrected chi connectivity index (χ3v) is 7.87. The Morgan fingerprint density at radius 3 is 2.65 bits per heavy atom. The maximum atomic E-state index is 13.3. The van der Waals surface area contributed by atoms with Crippen LogP contribution in [0, 0.1) is 17.8 Å². The summed E-state index contributed by atoms with van der Waals surface area (Å²) in [6.07, 6.45) is 5.98. The summed E-state index contributed by atoms with van der Waals surface area (Å²) in [5, 5.41) is 12.0. The van der Waals surface area contributed by atoms with E-state index >= 15 is 0 Å². The molecular formula is C20H27ClN2O2S. The van der Waals surface area contributed by atoms with E-state index in [0.717, 1.165) is 49.3 Å². The molecule has 4 aliphatic rings. The Labute approximate surface area is 164 Å². The van der Waals surface area contributed by atoms with Gasteiger partial charge in [0.1, 0.15) is 10.2 Å². The highest BCUT2D eigenvalue weighted by molar-refractivity contribution is 7.99. The number of aromatic nitrogens is 1. The minimum atomic E-state index is -0.471. The van der Waals surface area contributed by atoms with E-state index in [9.17, 15) is 9.90 Å². The predicted molar refractivity (Wildman–Crippen MR) is 105 cm³/mol. The zero-order chi connectivity index (χ0) is 18.5. The number of nitrogens with zero attached hydrogens (tertiary/aromatic N) is 2. The predicted octanol–water partition coefficient (Wildman–Crippen LogP) is 4.25. The van der Waals surface area contributed by atoms with Crippen molar-refractivity contribution in [2.45, 2.75) is 62.1 Å². The Morgan fingerprint density at radius 2 is 2.04 bits per heavy atom. The van der Waals surface area contributed by atoms with Gasteiger partial charge >= 0.3 is 0 Å². The first-order chi connectivity index (χ1) is 12.4. The topological polar surface area (TPSA) is 53.4 Å². The zero-order valence-electron chi connectivity index (χ0n) is 15.4. The second kappa shape index (κ2) is 6.99. The van der Waals surface area contributed by atoms with Gasteiger partial charge in [-0.05, 0) is 74.2 Å². The van der Waals surface area contributed by atoms with E-state index in [-0.39, 0.29) is 11.9 Å². The standard InChI is InChI=1S/C20H27ClN2O2S/c1-3-6-26-18-15(4-5-16(21)22-18)19(24)23(2)17-13-7-12-8-14(17)11-20(25,9-12)10-13/h4-5,12-14,17,25H,3,6-11H2,1-2H3/t12?,13?,14?,17-,20+. The van der Waals surface area contributed by atoms with Crippen molar-refractivity contribution in [3.05, 3.63) is 22.8 Å². The van der Waals surface area contributed by atoms with E-state index in [0.29, 0.717) is 28.5 Å². The van der Waals surface area contributed by atoms with Crippen molar-refractivity contribution in [3.63, 3.8) is 0 Å². The lowest BCUT2D eigenvalue weighted by Gasteiger charge is -2.59. The number of aliphatic hydroxyl groups is 1. The molecule has 4 aliphatic carbocycles. The lowest BCUT2D eigenvalue weighted by atomic mass is 9.52. The molecule has 0 aliphatic heterocycles. The van der Waals surface area contributed by atoms with Crippen LogP contribution in [-0.2, 0) is 0 Å². The second-order valence-electron chi connectivity index (χ2n) is 8.44. The minimum Gasteiger partial charge on any atom is -0.390 e. The molecule has 1 aromatic heterocycles. The minimum absolute atomic E-state index is 0.0391. The number of carbonyl (C=O) groups excluding carboxylic acids is 1. The Kier molecular flexibility index (Phi) is 4.99. The average Bonchev–Trinajstić information content (AvgIpc) is 2.57. The summed E-state index contributed by atoms with van der Waals surface area (Å²) >= 11 is 7.66. The highest BCUT2D eigenvalue weighted by Crippen LogP contribution is 2.56. The number of hydrogen-bond acceptors (Lipinski definition) is 4. The normalized spacial score (nSPS) is 34.9. The van der Waals surface area contributed by atoms with E-state index in [1.54, 1.807) is 17.8 Å². The summed E-state index contributed by atoms with van der Waals surface area (Å²) < 4.78 is 0. The van der Waals surface area contributed by atoms with Crippen molar-refractivity contribution in [2.75, 3.05) is 12.8 Å². The van der Waals surface area contributed by atoms with Crippen LogP contribution in [0.25, 0.3) is 0 Å². The molecule has 6 heteroatoms. The van der Waals surface area contributed by atoms with Crippen LogP contribution in [0.15, 0.2) is 17.2 Å². The van der Waals surface area contributed by atoms with Gasteiger partial charge in [0.05, 0.1) is 11.2 Å². The van der Waals surface area contributed by atoms with Gasteiger partial charge in [-0.1, -0.05) is 18.5 Å². The Morgan fingerprint density at radius 1 is 1.35 bits per heavy atom. The maximum Gasteiger partial charge on any atom is 0.256 e. The average molecular weight is 395 g/mol. The van der Waals surface area contributed by atoms with Crippen molar-refractivity contribution in [2.24, 2.45) is 17.8 Å². The number of hydrogen-bond donors (Lipinski definition) is 1. The Balaban J connectivity index is 1.57.